The van der Waals surface area contributed by atoms with Crippen molar-refractivity contribution in [3.63, 3.8) is 0 Å². The normalized spacial score (nSPS) is 17.6. The van der Waals surface area contributed by atoms with Crippen LogP contribution in [0.25, 0.3) is 0 Å². The molecule has 144 valence electrons. The molecule has 2 aromatic rings. The van der Waals surface area contributed by atoms with Crippen LogP contribution in [0.5, 0.6) is 0 Å². The maximum Gasteiger partial charge on any atom is 0.434 e. The third kappa shape index (κ3) is 5.18. The van der Waals surface area contributed by atoms with Crippen molar-refractivity contribution in [2.24, 2.45) is 0 Å². The van der Waals surface area contributed by atoms with E-state index >= 15 is 0 Å². The Labute approximate surface area is 158 Å². The van der Waals surface area contributed by atoms with Crippen LogP contribution in [0.4, 0.5) is 13.2 Å². The minimum Gasteiger partial charge on any atom is -0.350 e. The van der Waals surface area contributed by atoms with Crippen molar-refractivity contribution in [1.29, 1.82) is 0 Å². The van der Waals surface area contributed by atoms with Crippen LogP contribution in [0.1, 0.15) is 40.1 Å². The number of rotatable bonds is 5. The number of nitrogens with one attached hydrogen (secondary N) is 2. The van der Waals surface area contributed by atoms with E-state index in [4.69, 9.17) is 0 Å². The molecule has 2 aromatic heterocycles. The number of carbonyl (C=O) groups is 1. The Hall–Kier alpha value is -1.65. The molecule has 0 aliphatic carbocycles. The van der Waals surface area contributed by atoms with Crippen molar-refractivity contribution in [2.75, 3.05) is 19.6 Å². The number of piperidine rings is 1. The van der Waals surface area contributed by atoms with Gasteiger partial charge < -0.3 is 10.6 Å². The van der Waals surface area contributed by atoms with Crippen LogP contribution in [-0.4, -0.2) is 40.3 Å². The van der Waals surface area contributed by atoms with Crippen LogP contribution in [0.2, 0.25) is 0 Å². The summed E-state index contributed by atoms with van der Waals surface area (Å²) in [5.41, 5.74) is -0.584. The molecular formula is C15H19ClF3N5OS. The molecule has 1 fully saturated rings. The number of thiazole rings is 1. The van der Waals surface area contributed by atoms with Gasteiger partial charge in [0.2, 0.25) is 0 Å². The van der Waals surface area contributed by atoms with Gasteiger partial charge in [0.15, 0.2) is 5.69 Å². The lowest BCUT2D eigenvalue weighted by Gasteiger charge is -2.22. The van der Waals surface area contributed by atoms with Crippen LogP contribution >= 0.6 is 23.7 Å². The number of alkyl halides is 3. The summed E-state index contributed by atoms with van der Waals surface area (Å²) < 4.78 is 39.3. The second kappa shape index (κ2) is 8.83. The van der Waals surface area contributed by atoms with Gasteiger partial charge in [-0.2, -0.15) is 18.3 Å². The summed E-state index contributed by atoms with van der Waals surface area (Å²) in [6, 6.07) is 1.89. The first-order valence-corrected chi connectivity index (χ1v) is 8.87. The van der Waals surface area contributed by atoms with E-state index in [0.717, 1.165) is 42.6 Å². The van der Waals surface area contributed by atoms with E-state index in [-0.39, 0.29) is 37.3 Å². The molecule has 26 heavy (non-hydrogen) atoms. The molecule has 11 heteroatoms. The monoisotopic (exact) mass is 409 g/mol. The van der Waals surface area contributed by atoms with Gasteiger partial charge in [0, 0.05) is 31.1 Å². The van der Waals surface area contributed by atoms with Gasteiger partial charge in [0.05, 0.1) is 11.0 Å². The van der Waals surface area contributed by atoms with E-state index in [1.165, 1.54) is 0 Å². The van der Waals surface area contributed by atoms with E-state index < -0.39 is 11.9 Å². The maximum absolute atomic E-state index is 12.5. The minimum atomic E-state index is -4.43. The molecule has 3 heterocycles. The van der Waals surface area contributed by atoms with Crippen LogP contribution in [0, 0.1) is 0 Å². The third-order valence-electron chi connectivity index (χ3n) is 3.95. The fourth-order valence-electron chi connectivity index (χ4n) is 2.65. The zero-order chi connectivity index (χ0) is 17.9. The lowest BCUT2D eigenvalue weighted by Crippen LogP contribution is -2.32. The summed E-state index contributed by atoms with van der Waals surface area (Å²) in [6.45, 7) is 2.04. The Bertz CT molecular complexity index is 727. The summed E-state index contributed by atoms with van der Waals surface area (Å²) in [5.74, 6) is -0.338. The standard InChI is InChI=1S/C15H18F3N5OS.ClH/c16-15(17,18)12-9-25-13(21-12)3-6-20-14(24)11-4-7-23(22-11)10-2-1-5-19-8-10;/h4,7,9-10,19H,1-3,5-6,8H2,(H,20,24);1H. The number of halogens is 4. The molecule has 1 unspecified atom stereocenters. The zero-order valence-corrected chi connectivity index (χ0v) is 15.4. The van der Waals surface area contributed by atoms with Crippen molar-refractivity contribution in [2.45, 2.75) is 31.5 Å². The Morgan fingerprint density at radius 2 is 2.27 bits per heavy atom. The second-order valence-corrected chi connectivity index (χ2v) is 6.75. The summed E-state index contributed by atoms with van der Waals surface area (Å²) in [4.78, 5) is 15.6. The maximum atomic E-state index is 12.5. The molecule has 0 spiro atoms. The third-order valence-corrected chi connectivity index (χ3v) is 4.86. The van der Waals surface area contributed by atoms with Gasteiger partial charge in [0.1, 0.15) is 5.69 Å². The summed E-state index contributed by atoms with van der Waals surface area (Å²) in [6.07, 6.45) is -0.317. The fraction of sp³-hybridized carbons (Fsp3) is 0.533. The predicted molar refractivity (Wildman–Crippen MR) is 93.8 cm³/mol. The smallest absolute Gasteiger partial charge is 0.350 e. The highest BCUT2D eigenvalue weighted by Crippen LogP contribution is 2.30. The first kappa shape index (κ1) is 20.7. The number of carbonyl (C=O) groups excluding carboxylic acids is 1. The van der Waals surface area contributed by atoms with Gasteiger partial charge in [-0.15, -0.1) is 23.7 Å². The minimum absolute atomic E-state index is 0. The highest BCUT2D eigenvalue weighted by Gasteiger charge is 2.33. The topological polar surface area (TPSA) is 71.8 Å². The quantitative estimate of drug-likeness (QED) is 0.796. The predicted octanol–water partition coefficient (Wildman–Crippen LogP) is 2.68. The molecule has 1 saturated heterocycles. The molecule has 6 nitrogen and oxygen atoms in total. The van der Waals surface area contributed by atoms with Crippen LogP contribution in [-0.2, 0) is 12.6 Å². The van der Waals surface area contributed by atoms with E-state index in [1.54, 1.807) is 16.9 Å². The van der Waals surface area contributed by atoms with E-state index in [2.05, 4.69) is 20.7 Å². The summed E-state index contributed by atoms with van der Waals surface area (Å²) in [5, 5.41) is 11.6. The molecule has 0 saturated carbocycles. The molecule has 3 rings (SSSR count). The Morgan fingerprint density at radius 1 is 1.46 bits per heavy atom. The summed E-state index contributed by atoms with van der Waals surface area (Å²) in [7, 11) is 0. The van der Waals surface area contributed by atoms with E-state index in [0.29, 0.717) is 10.7 Å². The van der Waals surface area contributed by atoms with Crippen LogP contribution < -0.4 is 10.6 Å². The average Bonchev–Trinajstić information content (AvgIpc) is 3.25. The molecule has 1 aliphatic rings. The van der Waals surface area contributed by atoms with E-state index in [1.807, 2.05) is 0 Å². The van der Waals surface area contributed by atoms with Crippen LogP contribution in [0.15, 0.2) is 17.6 Å². The number of aromatic nitrogens is 3. The lowest BCUT2D eigenvalue weighted by atomic mass is 10.1. The first-order valence-electron chi connectivity index (χ1n) is 7.99. The van der Waals surface area contributed by atoms with Crippen molar-refractivity contribution in [3.8, 4) is 0 Å². The molecule has 0 bridgehead atoms. The largest absolute Gasteiger partial charge is 0.434 e. The van der Waals surface area contributed by atoms with Gasteiger partial charge in [0.25, 0.3) is 5.91 Å². The van der Waals surface area contributed by atoms with Gasteiger partial charge in [-0.1, -0.05) is 0 Å². The Kier molecular flexibility index (Phi) is 7.01. The molecule has 1 aliphatic heterocycles. The Balaban J connectivity index is 0.00000243. The fourth-order valence-corrected chi connectivity index (χ4v) is 3.46. The number of hydrogen-bond donors (Lipinski definition) is 2. The SMILES string of the molecule is Cl.O=C(NCCc1nc(C(F)(F)F)cs1)c1ccn(C2CCCNC2)n1. The zero-order valence-electron chi connectivity index (χ0n) is 13.8. The summed E-state index contributed by atoms with van der Waals surface area (Å²) >= 11 is 0.938. The molecule has 1 atom stereocenters. The number of nitrogens with zero attached hydrogens (tertiary/aromatic N) is 3. The molecular weight excluding hydrogens is 391 g/mol. The van der Waals surface area contributed by atoms with Crippen molar-refractivity contribution < 1.29 is 18.0 Å². The van der Waals surface area contributed by atoms with Gasteiger partial charge in [-0.3, -0.25) is 9.48 Å². The van der Waals surface area contributed by atoms with Crippen molar-refractivity contribution >= 4 is 29.7 Å². The molecule has 0 radical (unpaired) electrons. The lowest BCUT2D eigenvalue weighted by molar-refractivity contribution is -0.140. The molecule has 1 amide bonds. The highest BCUT2D eigenvalue weighted by atomic mass is 35.5. The van der Waals surface area contributed by atoms with Gasteiger partial charge in [-0.05, 0) is 25.5 Å². The average molecular weight is 410 g/mol. The van der Waals surface area contributed by atoms with E-state index in [9.17, 15) is 18.0 Å². The Morgan fingerprint density at radius 3 is 2.92 bits per heavy atom. The van der Waals surface area contributed by atoms with Gasteiger partial charge in [-0.25, -0.2) is 4.98 Å². The first-order chi connectivity index (χ1) is 11.9. The van der Waals surface area contributed by atoms with Crippen LogP contribution in [0.3, 0.4) is 0 Å². The molecule has 0 aromatic carbocycles. The highest BCUT2D eigenvalue weighted by molar-refractivity contribution is 7.09. The van der Waals surface area contributed by atoms with Gasteiger partial charge >= 0.3 is 6.18 Å². The van der Waals surface area contributed by atoms with Crippen molar-refractivity contribution in [1.82, 2.24) is 25.4 Å². The second-order valence-electron chi connectivity index (χ2n) is 5.81. The number of amides is 1. The van der Waals surface area contributed by atoms with Crippen molar-refractivity contribution in [3.05, 3.63) is 34.0 Å². The number of hydrogen-bond acceptors (Lipinski definition) is 5. The molecule has 2 N–H and O–H groups in total.